The molecule has 0 N–H and O–H groups in total. The van der Waals surface area contributed by atoms with Crippen molar-refractivity contribution < 1.29 is 28.6 Å². The zero-order valence-corrected chi connectivity index (χ0v) is 27.1. The maximum atomic E-state index is 14.1. The lowest BCUT2D eigenvalue weighted by molar-refractivity contribution is -0.0209. The third-order valence-corrected chi connectivity index (χ3v) is 9.19. The van der Waals surface area contributed by atoms with E-state index < -0.39 is 16.7 Å². The van der Waals surface area contributed by atoms with E-state index >= 15 is 0 Å². The van der Waals surface area contributed by atoms with Crippen LogP contribution in [0, 0.1) is 12.8 Å². The average molecular weight is 608 g/mol. The van der Waals surface area contributed by atoms with Crippen LogP contribution in [0.3, 0.4) is 0 Å². The topological polar surface area (TPSA) is 106 Å². The lowest BCUT2D eigenvalue weighted by Gasteiger charge is -2.46. The average Bonchev–Trinajstić information content (AvgIpc) is 3.70. The minimum atomic E-state index is -0.738. The molecule has 6 rings (SSSR count). The first-order chi connectivity index (χ1) is 20.7. The zero-order chi connectivity index (χ0) is 31.6. The fourth-order valence-electron chi connectivity index (χ4n) is 6.65. The number of fused-ring (bicyclic) bond motifs is 4. The van der Waals surface area contributed by atoms with Gasteiger partial charge < -0.3 is 28.6 Å². The van der Waals surface area contributed by atoms with Gasteiger partial charge in [0.15, 0.2) is 11.4 Å². The Morgan fingerprint density at radius 1 is 1.02 bits per heavy atom. The Morgan fingerprint density at radius 2 is 1.73 bits per heavy atom. The molecule has 1 aliphatic carbocycles. The second kappa shape index (κ2) is 10.7. The molecule has 0 bridgehead atoms. The van der Waals surface area contributed by atoms with E-state index in [-0.39, 0.29) is 18.1 Å². The van der Waals surface area contributed by atoms with E-state index in [0.717, 1.165) is 41.1 Å². The summed E-state index contributed by atoms with van der Waals surface area (Å²) in [5.74, 6) is 1.39. The van der Waals surface area contributed by atoms with Gasteiger partial charge in [0.2, 0.25) is 0 Å². The van der Waals surface area contributed by atoms with E-state index in [1.807, 2.05) is 71.4 Å². The van der Waals surface area contributed by atoms with Crippen LogP contribution in [0.4, 0.5) is 9.59 Å². The lowest BCUT2D eigenvalue weighted by Crippen LogP contribution is -2.62. The number of carbonyl (C=O) groups is 3. The molecule has 2 saturated heterocycles. The van der Waals surface area contributed by atoms with Gasteiger partial charge in [-0.3, -0.25) is 9.69 Å². The van der Waals surface area contributed by atoms with Crippen LogP contribution >= 0.6 is 0 Å². The summed E-state index contributed by atoms with van der Waals surface area (Å²) >= 11 is 0. The molecule has 4 heterocycles. The van der Waals surface area contributed by atoms with Crippen LogP contribution in [0.25, 0.3) is 11.3 Å². The molecule has 1 saturated carbocycles. The van der Waals surface area contributed by atoms with Crippen molar-refractivity contribution in [3.8, 4) is 17.0 Å². The Bertz CT molecular complexity index is 1480. The number of carbonyl (C=O) groups excluding carboxylic acids is 3. The summed E-state index contributed by atoms with van der Waals surface area (Å²) in [7, 11) is 1.88. The van der Waals surface area contributed by atoms with E-state index in [1.54, 1.807) is 14.7 Å². The fourth-order valence-corrected chi connectivity index (χ4v) is 6.65. The van der Waals surface area contributed by atoms with Gasteiger partial charge in [0, 0.05) is 58.2 Å². The SMILES string of the molecule is Cc1ccc2c(c1)OC1(CCN(C(=O)OCC3CC3)CC1)c1c-2nc(C(=O)N2CCN(C(=O)OC(C)(C)C)C(C)(C)C2)n1C. The summed E-state index contributed by atoms with van der Waals surface area (Å²) < 4.78 is 19.9. The smallest absolute Gasteiger partial charge is 0.410 e. The van der Waals surface area contributed by atoms with Gasteiger partial charge in [-0.1, -0.05) is 6.07 Å². The van der Waals surface area contributed by atoms with Gasteiger partial charge in [-0.05, 0) is 78.0 Å². The molecular formula is C33H45N5O6. The van der Waals surface area contributed by atoms with Crippen molar-refractivity contribution in [3.05, 3.63) is 35.3 Å². The summed E-state index contributed by atoms with van der Waals surface area (Å²) in [6.45, 7) is 14.0. The number of imidazole rings is 1. The standard InChI is InChI=1S/C33H45N5O6/c1-21-8-11-23-24(18-21)43-33(12-14-36(15-13-33)29(40)42-19-22-9-10-22)26-25(23)34-27(35(26)7)28(39)37-16-17-38(32(5,6)20-37)30(41)44-31(2,3)4/h8,11,18,22H,9-10,12-17,19-20H2,1-7H3. The Kier molecular flexibility index (Phi) is 7.36. The molecule has 1 spiro atoms. The Labute approximate surface area is 259 Å². The number of benzene rings is 1. The van der Waals surface area contributed by atoms with Crippen molar-refractivity contribution in [1.29, 1.82) is 0 Å². The highest BCUT2D eigenvalue weighted by Gasteiger charge is 2.49. The number of hydrogen-bond donors (Lipinski definition) is 0. The molecule has 238 valence electrons. The van der Waals surface area contributed by atoms with Gasteiger partial charge in [0.1, 0.15) is 17.0 Å². The quantitative estimate of drug-likeness (QED) is 0.478. The minimum absolute atomic E-state index is 0.191. The first kappa shape index (κ1) is 30.3. The third kappa shape index (κ3) is 5.61. The normalized spacial score (nSPS) is 20.5. The summed E-state index contributed by atoms with van der Waals surface area (Å²) in [6, 6.07) is 6.05. The van der Waals surface area contributed by atoms with Crippen LogP contribution in [0.5, 0.6) is 5.75 Å². The van der Waals surface area contributed by atoms with Crippen molar-refractivity contribution in [3.63, 3.8) is 0 Å². The second-order valence-electron chi connectivity index (χ2n) is 14.5. The summed E-state index contributed by atoms with van der Waals surface area (Å²) in [5.41, 5.74) is 1.55. The molecule has 3 aliphatic heterocycles. The van der Waals surface area contributed by atoms with Crippen molar-refractivity contribution in [2.75, 3.05) is 39.3 Å². The van der Waals surface area contributed by atoms with Crippen LogP contribution in [0.2, 0.25) is 0 Å². The first-order valence-electron chi connectivity index (χ1n) is 15.8. The van der Waals surface area contributed by atoms with Crippen molar-refractivity contribution in [2.45, 2.75) is 84.0 Å². The van der Waals surface area contributed by atoms with Crippen LogP contribution < -0.4 is 4.74 Å². The summed E-state index contributed by atoms with van der Waals surface area (Å²) in [5, 5.41) is 0. The highest BCUT2D eigenvalue weighted by Crippen LogP contribution is 2.50. The van der Waals surface area contributed by atoms with Gasteiger partial charge in [-0.15, -0.1) is 0 Å². The minimum Gasteiger partial charge on any atom is -0.480 e. The van der Waals surface area contributed by atoms with E-state index in [1.165, 1.54) is 0 Å². The molecule has 0 radical (unpaired) electrons. The molecule has 0 unspecified atom stereocenters. The van der Waals surface area contributed by atoms with Crippen LogP contribution in [0.1, 0.15) is 82.2 Å². The highest BCUT2D eigenvalue weighted by molar-refractivity contribution is 5.93. The molecule has 3 amide bonds. The summed E-state index contributed by atoms with van der Waals surface area (Å²) in [6.07, 6.45) is 2.72. The molecule has 11 heteroatoms. The molecule has 1 aromatic heterocycles. The van der Waals surface area contributed by atoms with Crippen LogP contribution in [0.15, 0.2) is 18.2 Å². The molecule has 0 atom stereocenters. The predicted octanol–water partition coefficient (Wildman–Crippen LogP) is 5.10. The fraction of sp³-hybridized carbons (Fsp3) is 0.636. The lowest BCUT2D eigenvalue weighted by atomic mass is 9.83. The number of piperazine rings is 1. The molecular weight excluding hydrogens is 562 g/mol. The van der Waals surface area contributed by atoms with Crippen LogP contribution in [-0.2, 0) is 22.1 Å². The third-order valence-electron chi connectivity index (χ3n) is 9.19. The highest BCUT2D eigenvalue weighted by atomic mass is 16.6. The number of rotatable bonds is 3. The second-order valence-corrected chi connectivity index (χ2v) is 14.5. The number of aromatic nitrogens is 2. The van der Waals surface area contributed by atoms with Crippen LogP contribution in [-0.4, -0.2) is 92.8 Å². The molecule has 44 heavy (non-hydrogen) atoms. The number of amides is 3. The molecule has 11 nitrogen and oxygen atoms in total. The van der Waals surface area contributed by atoms with Crippen molar-refractivity contribution in [2.24, 2.45) is 13.0 Å². The Hall–Kier alpha value is -3.76. The molecule has 1 aromatic carbocycles. The number of nitrogens with zero attached hydrogens (tertiary/aromatic N) is 5. The van der Waals surface area contributed by atoms with Gasteiger partial charge in [0.25, 0.3) is 5.91 Å². The number of aryl methyl sites for hydroxylation is 1. The number of ether oxygens (including phenoxy) is 3. The zero-order valence-electron chi connectivity index (χ0n) is 27.1. The first-order valence-corrected chi connectivity index (χ1v) is 15.8. The molecule has 2 aromatic rings. The number of piperidine rings is 1. The summed E-state index contributed by atoms with van der Waals surface area (Å²) in [4.78, 5) is 50.1. The molecule has 3 fully saturated rings. The van der Waals surface area contributed by atoms with Gasteiger partial charge >= 0.3 is 12.2 Å². The van der Waals surface area contributed by atoms with Gasteiger partial charge in [0.05, 0.1) is 17.8 Å². The number of hydrogen-bond acceptors (Lipinski definition) is 7. The van der Waals surface area contributed by atoms with Crippen molar-refractivity contribution >= 4 is 18.1 Å². The Balaban J connectivity index is 1.27. The monoisotopic (exact) mass is 607 g/mol. The van der Waals surface area contributed by atoms with E-state index in [9.17, 15) is 14.4 Å². The Morgan fingerprint density at radius 3 is 2.36 bits per heavy atom. The van der Waals surface area contributed by atoms with E-state index in [4.69, 9.17) is 19.2 Å². The predicted molar refractivity (Wildman–Crippen MR) is 163 cm³/mol. The maximum absolute atomic E-state index is 14.1. The van der Waals surface area contributed by atoms with E-state index in [0.29, 0.717) is 63.9 Å². The maximum Gasteiger partial charge on any atom is 0.410 e. The molecule has 4 aliphatic rings. The number of likely N-dealkylation sites (tertiary alicyclic amines) is 1. The van der Waals surface area contributed by atoms with E-state index in [2.05, 4.69) is 0 Å². The van der Waals surface area contributed by atoms with Crippen molar-refractivity contribution in [1.82, 2.24) is 24.3 Å². The largest absolute Gasteiger partial charge is 0.480 e. The van der Waals surface area contributed by atoms with Gasteiger partial charge in [-0.25, -0.2) is 14.6 Å². The van der Waals surface area contributed by atoms with Gasteiger partial charge in [-0.2, -0.15) is 0 Å².